The fraction of sp³-hybridized carbons (Fsp3) is 0.357. The van der Waals surface area contributed by atoms with Crippen molar-refractivity contribution < 1.29 is 0 Å². The number of fused-ring (bicyclic) bond motifs is 1. The highest BCUT2D eigenvalue weighted by atomic mass is 32.2. The Morgan fingerprint density at radius 1 is 1.17 bits per heavy atom. The molecule has 2 aromatic rings. The summed E-state index contributed by atoms with van der Waals surface area (Å²) in [7, 11) is 0. The lowest BCUT2D eigenvalue weighted by Crippen LogP contribution is -2.25. The number of pyridine rings is 1. The quantitative estimate of drug-likeness (QED) is 0.800. The minimum Gasteiger partial charge on any atom is -0.399 e. The summed E-state index contributed by atoms with van der Waals surface area (Å²) >= 11 is 2.04. The molecule has 1 fully saturated rings. The Kier molecular flexibility index (Phi) is 3.28. The van der Waals surface area contributed by atoms with E-state index in [0.29, 0.717) is 0 Å². The molecule has 0 radical (unpaired) electrons. The first-order valence-electron chi connectivity index (χ1n) is 6.31. The van der Waals surface area contributed by atoms with Crippen molar-refractivity contribution in [3.05, 3.63) is 30.5 Å². The van der Waals surface area contributed by atoms with Crippen molar-refractivity contribution in [3.8, 4) is 0 Å². The largest absolute Gasteiger partial charge is 0.399 e. The van der Waals surface area contributed by atoms with Gasteiger partial charge in [-0.1, -0.05) is 0 Å². The molecule has 1 aliphatic rings. The highest BCUT2D eigenvalue weighted by Gasteiger charge is 2.12. The molecule has 1 aromatic carbocycles. The predicted molar refractivity (Wildman–Crippen MR) is 80.3 cm³/mol. The molecule has 0 unspecified atom stereocenters. The molecule has 0 bridgehead atoms. The second-order valence-electron chi connectivity index (χ2n) is 4.56. The molecule has 3 nitrogen and oxygen atoms in total. The molecular weight excluding hydrogens is 242 g/mol. The summed E-state index contributed by atoms with van der Waals surface area (Å²) in [5, 5.41) is 1.21. The molecule has 2 heterocycles. The smallest absolute Gasteiger partial charge is 0.0743 e. The van der Waals surface area contributed by atoms with Crippen molar-refractivity contribution in [1.82, 2.24) is 4.98 Å². The standard InChI is InChI=1S/C14H17N3S/c15-11-2-3-12-13(10-11)16-5-4-14(12)17-6-1-8-18-9-7-17/h2-5,10H,1,6-9,15H2. The van der Waals surface area contributed by atoms with Gasteiger partial charge >= 0.3 is 0 Å². The van der Waals surface area contributed by atoms with Gasteiger partial charge in [-0.05, 0) is 36.4 Å². The molecule has 1 aliphatic heterocycles. The molecule has 0 spiro atoms. The summed E-state index contributed by atoms with van der Waals surface area (Å²) < 4.78 is 0. The van der Waals surface area contributed by atoms with Gasteiger partial charge in [0.15, 0.2) is 0 Å². The van der Waals surface area contributed by atoms with Crippen LogP contribution in [0.4, 0.5) is 11.4 Å². The lowest BCUT2D eigenvalue weighted by atomic mass is 10.1. The molecule has 2 N–H and O–H groups in total. The van der Waals surface area contributed by atoms with Crippen LogP contribution in [0.3, 0.4) is 0 Å². The summed E-state index contributed by atoms with van der Waals surface area (Å²) in [5.74, 6) is 2.48. The number of rotatable bonds is 1. The average molecular weight is 259 g/mol. The molecule has 0 aliphatic carbocycles. The zero-order chi connectivity index (χ0) is 12.4. The number of nitrogens with two attached hydrogens (primary N) is 1. The van der Waals surface area contributed by atoms with Crippen molar-refractivity contribution in [2.45, 2.75) is 6.42 Å². The number of hydrogen-bond acceptors (Lipinski definition) is 4. The highest BCUT2D eigenvalue weighted by molar-refractivity contribution is 7.99. The van der Waals surface area contributed by atoms with Gasteiger partial charge in [-0.2, -0.15) is 11.8 Å². The average Bonchev–Trinajstić information content (AvgIpc) is 2.66. The first kappa shape index (κ1) is 11.7. The van der Waals surface area contributed by atoms with Crippen LogP contribution in [0.2, 0.25) is 0 Å². The van der Waals surface area contributed by atoms with Crippen molar-refractivity contribution in [3.63, 3.8) is 0 Å². The van der Waals surface area contributed by atoms with E-state index in [0.717, 1.165) is 24.3 Å². The van der Waals surface area contributed by atoms with E-state index in [1.54, 1.807) is 0 Å². The van der Waals surface area contributed by atoms with E-state index in [-0.39, 0.29) is 0 Å². The van der Waals surface area contributed by atoms with Crippen LogP contribution in [0.25, 0.3) is 10.9 Å². The lowest BCUT2D eigenvalue weighted by Gasteiger charge is -2.23. The van der Waals surface area contributed by atoms with Gasteiger partial charge in [0, 0.05) is 41.8 Å². The van der Waals surface area contributed by atoms with Gasteiger partial charge in [0.1, 0.15) is 0 Å². The van der Waals surface area contributed by atoms with E-state index < -0.39 is 0 Å². The van der Waals surface area contributed by atoms with Gasteiger partial charge in [-0.15, -0.1) is 0 Å². The van der Waals surface area contributed by atoms with Crippen LogP contribution < -0.4 is 10.6 Å². The van der Waals surface area contributed by atoms with E-state index in [1.807, 2.05) is 30.1 Å². The first-order chi connectivity index (χ1) is 8.84. The van der Waals surface area contributed by atoms with Gasteiger partial charge in [0.25, 0.3) is 0 Å². The van der Waals surface area contributed by atoms with Crippen LogP contribution in [0, 0.1) is 0 Å². The van der Waals surface area contributed by atoms with E-state index in [2.05, 4.69) is 22.0 Å². The van der Waals surface area contributed by atoms with E-state index >= 15 is 0 Å². The second kappa shape index (κ2) is 5.06. The molecule has 1 aromatic heterocycles. The van der Waals surface area contributed by atoms with Gasteiger partial charge in [-0.3, -0.25) is 4.98 Å². The Bertz CT molecular complexity index is 548. The Hall–Kier alpha value is -1.42. The Morgan fingerprint density at radius 3 is 3.06 bits per heavy atom. The molecule has 1 saturated heterocycles. The molecule has 0 saturated carbocycles. The molecule has 0 amide bonds. The number of aromatic nitrogens is 1. The fourth-order valence-corrected chi connectivity index (χ4v) is 3.30. The third kappa shape index (κ3) is 2.25. The number of nitrogens with zero attached hydrogens (tertiary/aromatic N) is 2. The first-order valence-corrected chi connectivity index (χ1v) is 7.47. The Labute approximate surface area is 111 Å². The highest BCUT2D eigenvalue weighted by Crippen LogP contribution is 2.28. The number of thioether (sulfide) groups is 1. The Morgan fingerprint density at radius 2 is 2.11 bits per heavy atom. The normalized spacial score (nSPS) is 16.8. The summed E-state index contributed by atoms with van der Waals surface area (Å²) in [6, 6.07) is 8.12. The van der Waals surface area contributed by atoms with Crippen LogP contribution in [-0.4, -0.2) is 29.6 Å². The number of anilines is 2. The molecule has 18 heavy (non-hydrogen) atoms. The van der Waals surface area contributed by atoms with Crippen LogP contribution in [0.1, 0.15) is 6.42 Å². The second-order valence-corrected chi connectivity index (χ2v) is 5.78. The topological polar surface area (TPSA) is 42.1 Å². The summed E-state index contributed by atoms with van der Waals surface area (Å²) in [4.78, 5) is 6.88. The van der Waals surface area contributed by atoms with Crippen molar-refractivity contribution in [1.29, 1.82) is 0 Å². The fourth-order valence-electron chi connectivity index (χ4n) is 2.41. The zero-order valence-electron chi connectivity index (χ0n) is 10.3. The van der Waals surface area contributed by atoms with Gasteiger partial charge in [0.05, 0.1) is 5.52 Å². The third-order valence-corrected chi connectivity index (χ3v) is 4.36. The summed E-state index contributed by atoms with van der Waals surface area (Å²) in [6.45, 7) is 2.25. The van der Waals surface area contributed by atoms with Crippen LogP contribution in [0.5, 0.6) is 0 Å². The maximum Gasteiger partial charge on any atom is 0.0743 e. The van der Waals surface area contributed by atoms with Crippen molar-refractivity contribution >= 4 is 34.0 Å². The van der Waals surface area contributed by atoms with E-state index in [4.69, 9.17) is 5.73 Å². The number of benzene rings is 1. The van der Waals surface area contributed by atoms with E-state index in [1.165, 1.54) is 29.0 Å². The molecule has 94 valence electrons. The maximum absolute atomic E-state index is 5.82. The van der Waals surface area contributed by atoms with Crippen molar-refractivity contribution in [2.75, 3.05) is 35.2 Å². The molecule has 0 atom stereocenters. The summed E-state index contributed by atoms with van der Waals surface area (Å²) in [6.07, 6.45) is 3.14. The van der Waals surface area contributed by atoms with Crippen LogP contribution >= 0.6 is 11.8 Å². The van der Waals surface area contributed by atoms with Crippen molar-refractivity contribution in [2.24, 2.45) is 0 Å². The van der Waals surface area contributed by atoms with E-state index in [9.17, 15) is 0 Å². The summed E-state index contributed by atoms with van der Waals surface area (Å²) in [5.41, 5.74) is 8.88. The lowest BCUT2D eigenvalue weighted by molar-refractivity contribution is 0.819. The minimum atomic E-state index is 0.776. The number of hydrogen-bond donors (Lipinski definition) is 1. The number of nitrogen functional groups attached to an aromatic ring is 1. The van der Waals surface area contributed by atoms with Gasteiger partial charge in [0.2, 0.25) is 0 Å². The van der Waals surface area contributed by atoms with Gasteiger partial charge in [-0.25, -0.2) is 0 Å². The molecule has 3 rings (SSSR count). The maximum atomic E-state index is 5.82. The Balaban J connectivity index is 2.04. The SMILES string of the molecule is Nc1ccc2c(N3CCCSCC3)ccnc2c1. The predicted octanol–water partition coefficient (Wildman–Crippen LogP) is 2.76. The zero-order valence-corrected chi connectivity index (χ0v) is 11.1. The third-order valence-electron chi connectivity index (χ3n) is 3.31. The molecule has 4 heteroatoms. The monoisotopic (exact) mass is 259 g/mol. The minimum absolute atomic E-state index is 0.776. The van der Waals surface area contributed by atoms with Gasteiger partial charge < -0.3 is 10.6 Å². The molecular formula is C14H17N3S. The van der Waals surface area contributed by atoms with Crippen LogP contribution in [0.15, 0.2) is 30.5 Å². The van der Waals surface area contributed by atoms with Crippen LogP contribution in [-0.2, 0) is 0 Å².